The summed E-state index contributed by atoms with van der Waals surface area (Å²) in [7, 11) is -4.40. The fourth-order valence-electron chi connectivity index (χ4n) is 0.872. The largest absolute Gasteiger partial charge is 0.324 e. The Morgan fingerprint density at radius 2 is 1.92 bits per heavy atom. The van der Waals surface area contributed by atoms with Gasteiger partial charge >= 0.3 is 10.2 Å². The summed E-state index contributed by atoms with van der Waals surface area (Å²) in [6.45, 7) is 2.10. The number of rotatable bonds is 6. The average Bonchev–Trinajstić information content (AvgIpc) is 1.94. The molecular formula is C8H15FO2S. The van der Waals surface area contributed by atoms with Crippen molar-refractivity contribution in [3.63, 3.8) is 0 Å². The van der Waals surface area contributed by atoms with Gasteiger partial charge in [0, 0.05) is 0 Å². The predicted molar refractivity (Wildman–Crippen MR) is 47.9 cm³/mol. The topological polar surface area (TPSA) is 34.1 Å². The van der Waals surface area contributed by atoms with Crippen LogP contribution in [0, 0.1) is 0 Å². The first kappa shape index (κ1) is 11.6. The van der Waals surface area contributed by atoms with E-state index in [0.29, 0.717) is 11.8 Å². The van der Waals surface area contributed by atoms with E-state index >= 15 is 0 Å². The maximum atomic E-state index is 11.8. The van der Waals surface area contributed by atoms with E-state index < -0.39 is 10.2 Å². The third-order valence-electron chi connectivity index (χ3n) is 1.48. The Bertz CT molecular complexity index is 219. The fraction of sp³-hybridized carbons (Fsp3) is 0.750. The molecule has 0 unspecified atom stereocenters. The van der Waals surface area contributed by atoms with Gasteiger partial charge in [0.25, 0.3) is 0 Å². The van der Waals surface area contributed by atoms with Crippen LogP contribution in [0.3, 0.4) is 0 Å². The van der Waals surface area contributed by atoms with Crippen LogP contribution in [-0.4, -0.2) is 8.42 Å². The first-order chi connectivity index (χ1) is 5.56. The maximum absolute atomic E-state index is 11.8. The van der Waals surface area contributed by atoms with E-state index in [1.54, 1.807) is 0 Å². The summed E-state index contributed by atoms with van der Waals surface area (Å²) in [5.74, 6) is 0. The molecule has 0 spiro atoms. The Morgan fingerprint density at radius 3 is 2.42 bits per heavy atom. The van der Waals surface area contributed by atoms with Crippen LogP contribution in [0.1, 0.15) is 39.0 Å². The summed E-state index contributed by atoms with van der Waals surface area (Å²) in [5, 5.41) is 0.624. The van der Waals surface area contributed by atoms with Gasteiger partial charge in [-0.25, -0.2) is 0 Å². The molecular weight excluding hydrogens is 179 g/mol. The molecule has 0 rings (SSSR count). The number of unbranched alkanes of at least 4 members (excludes halogenated alkanes) is 4. The molecule has 2 nitrogen and oxygen atoms in total. The highest BCUT2D eigenvalue weighted by atomic mass is 32.3. The number of hydrogen-bond donors (Lipinski definition) is 0. The van der Waals surface area contributed by atoms with Gasteiger partial charge in [0.15, 0.2) is 0 Å². The highest BCUT2D eigenvalue weighted by Crippen LogP contribution is 2.04. The zero-order valence-electron chi connectivity index (χ0n) is 7.29. The minimum atomic E-state index is -4.40. The highest BCUT2D eigenvalue weighted by molar-refractivity contribution is 7.89. The molecule has 0 aliphatic carbocycles. The normalized spacial score (nSPS) is 12.5. The van der Waals surface area contributed by atoms with Gasteiger partial charge in [0.1, 0.15) is 0 Å². The van der Waals surface area contributed by atoms with Crippen molar-refractivity contribution in [2.75, 3.05) is 0 Å². The Hall–Kier alpha value is -0.380. The molecule has 0 radical (unpaired) electrons. The van der Waals surface area contributed by atoms with Crippen molar-refractivity contribution in [1.29, 1.82) is 0 Å². The van der Waals surface area contributed by atoms with E-state index in [-0.39, 0.29) is 0 Å². The van der Waals surface area contributed by atoms with E-state index in [1.165, 1.54) is 6.08 Å². The third kappa shape index (κ3) is 9.62. The molecule has 0 saturated heterocycles. The highest BCUT2D eigenvalue weighted by Gasteiger charge is 1.96. The van der Waals surface area contributed by atoms with E-state index in [1.807, 2.05) is 0 Å². The first-order valence-electron chi connectivity index (χ1n) is 4.17. The summed E-state index contributed by atoms with van der Waals surface area (Å²) in [4.78, 5) is 0. The molecule has 0 heterocycles. The van der Waals surface area contributed by atoms with Gasteiger partial charge < -0.3 is 0 Å². The lowest BCUT2D eigenvalue weighted by Gasteiger charge is -1.92. The van der Waals surface area contributed by atoms with Crippen molar-refractivity contribution in [1.82, 2.24) is 0 Å². The molecule has 0 N–H and O–H groups in total. The molecule has 0 aliphatic heterocycles. The molecule has 0 aromatic rings. The summed E-state index contributed by atoms with van der Waals surface area (Å²) in [5.41, 5.74) is 0. The van der Waals surface area contributed by atoms with Crippen LogP contribution < -0.4 is 0 Å². The van der Waals surface area contributed by atoms with Crippen molar-refractivity contribution >= 4 is 10.2 Å². The lowest BCUT2D eigenvalue weighted by molar-refractivity contribution is 0.562. The van der Waals surface area contributed by atoms with E-state index in [9.17, 15) is 12.3 Å². The number of hydrogen-bond acceptors (Lipinski definition) is 2. The fourth-order valence-corrected chi connectivity index (χ4v) is 1.24. The number of allylic oxidation sites excluding steroid dienone is 1. The summed E-state index contributed by atoms with van der Waals surface area (Å²) < 4.78 is 31.8. The molecule has 4 heteroatoms. The van der Waals surface area contributed by atoms with Crippen molar-refractivity contribution < 1.29 is 12.3 Å². The van der Waals surface area contributed by atoms with Crippen molar-refractivity contribution in [2.24, 2.45) is 0 Å². The molecule has 12 heavy (non-hydrogen) atoms. The van der Waals surface area contributed by atoms with Crippen LogP contribution in [0.15, 0.2) is 11.5 Å². The molecule has 0 amide bonds. The Labute approximate surface area is 73.7 Å². The second-order valence-corrected chi connectivity index (χ2v) is 3.92. The average molecular weight is 194 g/mol. The van der Waals surface area contributed by atoms with Gasteiger partial charge in [-0.1, -0.05) is 32.3 Å². The van der Waals surface area contributed by atoms with E-state index in [2.05, 4.69) is 6.92 Å². The lowest BCUT2D eigenvalue weighted by atomic mass is 10.2. The SMILES string of the molecule is CCCCCC/C=C/S(=O)(=O)F. The number of halogens is 1. The molecule has 0 atom stereocenters. The van der Waals surface area contributed by atoms with Crippen LogP contribution in [0.4, 0.5) is 3.89 Å². The smallest absolute Gasteiger partial charge is 0.190 e. The minimum Gasteiger partial charge on any atom is -0.190 e. The predicted octanol–water partition coefficient (Wildman–Crippen LogP) is 2.77. The van der Waals surface area contributed by atoms with Gasteiger partial charge in [0.2, 0.25) is 0 Å². The standard InChI is InChI=1S/C8H15FO2S/c1-2-3-4-5-6-7-8-12(9,10)11/h7-8H,2-6H2,1H3/b8-7+. The lowest BCUT2D eigenvalue weighted by Crippen LogP contribution is -1.81. The first-order valence-corrected chi connectivity index (χ1v) is 5.62. The molecule has 0 fully saturated rings. The van der Waals surface area contributed by atoms with E-state index in [0.717, 1.165) is 25.7 Å². The van der Waals surface area contributed by atoms with Crippen LogP contribution in [0.2, 0.25) is 0 Å². The van der Waals surface area contributed by atoms with Gasteiger partial charge in [-0.05, 0) is 12.8 Å². The van der Waals surface area contributed by atoms with Gasteiger partial charge in [-0.15, -0.1) is 3.89 Å². The molecule has 0 bridgehead atoms. The maximum Gasteiger partial charge on any atom is 0.324 e. The Balaban J connectivity index is 3.38. The summed E-state index contributed by atoms with van der Waals surface area (Å²) in [6.07, 6.45) is 6.31. The third-order valence-corrected chi connectivity index (χ3v) is 2.00. The second-order valence-electron chi connectivity index (χ2n) is 2.70. The quantitative estimate of drug-likeness (QED) is 0.481. The Kier molecular flexibility index (Phi) is 5.98. The van der Waals surface area contributed by atoms with Crippen LogP contribution >= 0.6 is 0 Å². The van der Waals surface area contributed by atoms with Gasteiger partial charge in [-0.3, -0.25) is 0 Å². The molecule has 0 aromatic heterocycles. The van der Waals surface area contributed by atoms with Gasteiger partial charge in [0.05, 0.1) is 5.41 Å². The van der Waals surface area contributed by atoms with Crippen molar-refractivity contribution in [3.05, 3.63) is 11.5 Å². The minimum absolute atomic E-state index is 0.624. The zero-order valence-corrected chi connectivity index (χ0v) is 8.11. The Morgan fingerprint density at radius 1 is 1.25 bits per heavy atom. The van der Waals surface area contributed by atoms with Crippen LogP contribution in [0.25, 0.3) is 0 Å². The van der Waals surface area contributed by atoms with E-state index in [4.69, 9.17) is 0 Å². The van der Waals surface area contributed by atoms with Crippen LogP contribution in [0.5, 0.6) is 0 Å². The van der Waals surface area contributed by atoms with Crippen molar-refractivity contribution in [2.45, 2.75) is 39.0 Å². The molecule has 0 saturated carbocycles. The van der Waals surface area contributed by atoms with Crippen LogP contribution in [-0.2, 0) is 10.2 Å². The summed E-state index contributed by atoms with van der Waals surface area (Å²) >= 11 is 0. The van der Waals surface area contributed by atoms with Crippen molar-refractivity contribution in [3.8, 4) is 0 Å². The second kappa shape index (κ2) is 6.17. The molecule has 0 aliphatic rings. The van der Waals surface area contributed by atoms with Gasteiger partial charge in [-0.2, -0.15) is 8.42 Å². The zero-order chi connectivity index (χ0) is 9.45. The molecule has 72 valence electrons. The summed E-state index contributed by atoms with van der Waals surface area (Å²) in [6, 6.07) is 0. The monoisotopic (exact) mass is 194 g/mol. The molecule has 0 aromatic carbocycles.